The molecule has 2 aromatic heterocycles. The molecule has 35 heavy (non-hydrogen) atoms. The average Bonchev–Trinajstić information content (AvgIpc) is 3.52. The normalized spacial score (nSPS) is 13.7. The van der Waals surface area contributed by atoms with Crippen LogP contribution in [0.1, 0.15) is 23.2 Å². The summed E-state index contributed by atoms with van der Waals surface area (Å²) < 4.78 is 17.9. The van der Waals surface area contributed by atoms with Gasteiger partial charge in [0.1, 0.15) is 11.3 Å². The van der Waals surface area contributed by atoms with Crippen molar-refractivity contribution in [3.63, 3.8) is 0 Å². The van der Waals surface area contributed by atoms with E-state index in [4.69, 9.17) is 0 Å². The maximum Gasteiger partial charge on any atom is 0.280 e. The number of aromatic nitrogens is 2. The number of nitrogens with zero attached hydrogens (tertiary/aromatic N) is 3. The van der Waals surface area contributed by atoms with Crippen LogP contribution in [-0.2, 0) is 7.05 Å². The summed E-state index contributed by atoms with van der Waals surface area (Å²) in [6, 6.07) is 23.4. The first kappa shape index (κ1) is 21.4. The fourth-order valence-corrected chi connectivity index (χ4v) is 5.34. The number of hydrogen-bond donors (Lipinski definition) is 0. The summed E-state index contributed by atoms with van der Waals surface area (Å²) in [5.74, 6) is -0.536. The van der Waals surface area contributed by atoms with E-state index in [1.165, 1.54) is 12.1 Å². The van der Waals surface area contributed by atoms with Gasteiger partial charge in [-0.3, -0.25) is 14.2 Å². The smallest absolute Gasteiger partial charge is 0.280 e. The first-order valence-electron chi connectivity index (χ1n) is 11.8. The molecular formula is C29H24FN3O2. The highest BCUT2D eigenvalue weighted by Crippen LogP contribution is 2.37. The van der Waals surface area contributed by atoms with Crippen LogP contribution in [0.5, 0.6) is 0 Å². The molecule has 0 spiro atoms. The lowest BCUT2D eigenvalue weighted by Gasteiger charge is -2.22. The minimum absolute atomic E-state index is 0.132. The first-order chi connectivity index (χ1) is 17.1. The van der Waals surface area contributed by atoms with Crippen LogP contribution in [0.25, 0.3) is 38.8 Å². The molecule has 3 aromatic carbocycles. The summed E-state index contributed by atoms with van der Waals surface area (Å²) in [5, 5.41) is 1.08. The van der Waals surface area contributed by atoms with Crippen LogP contribution in [0.15, 0.2) is 83.7 Å². The Morgan fingerprint density at radius 3 is 2.23 bits per heavy atom. The third-order valence-corrected chi connectivity index (χ3v) is 6.95. The minimum Gasteiger partial charge on any atom is -0.339 e. The van der Waals surface area contributed by atoms with Crippen molar-refractivity contribution in [2.75, 3.05) is 13.1 Å². The summed E-state index contributed by atoms with van der Waals surface area (Å²) >= 11 is 0. The van der Waals surface area contributed by atoms with E-state index in [1.54, 1.807) is 22.2 Å². The number of carbonyl (C=O) groups excluding carboxylic acids is 1. The van der Waals surface area contributed by atoms with Gasteiger partial charge in [-0.1, -0.05) is 48.5 Å². The summed E-state index contributed by atoms with van der Waals surface area (Å²) in [4.78, 5) is 30.3. The number of para-hydroxylation sites is 1. The van der Waals surface area contributed by atoms with Gasteiger partial charge in [0.2, 0.25) is 0 Å². The third-order valence-electron chi connectivity index (χ3n) is 6.95. The zero-order valence-corrected chi connectivity index (χ0v) is 19.4. The molecule has 6 heteroatoms. The van der Waals surface area contributed by atoms with Crippen LogP contribution in [0, 0.1) is 5.82 Å². The Hall–Kier alpha value is -4.19. The second-order valence-electron chi connectivity index (χ2n) is 9.01. The summed E-state index contributed by atoms with van der Waals surface area (Å²) in [6.45, 7) is 1.33. The van der Waals surface area contributed by atoms with E-state index in [1.807, 2.05) is 65.6 Å². The van der Waals surface area contributed by atoms with Gasteiger partial charge < -0.3 is 9.47 Å². The lowest BCUT2D eigenvalue weighted by molar-refractivity contribution is 0.0795. The summed E-state index contributed by atoms with van der Waals surface area (Å²) in [6.07, 6.45) is 1.89. The molecule has 0 bridgehead atoms. The molecule has 3 heterocycles. The van der Waals surface area contributed by atoms with Gasteiger partial charge in [-0.05, 0) is 48.7 Å². The van der Waals surface area contributed by atoms with E-state index in [0.717, 1.165) is 18.4 Å². The number of rotatable bonds is 3. The van der Waals surface area contributed by atoms with Crippen molar-refractivity contribution in [1.29, 1.82) is 0 Å². The fourth-order valence-electron chi connectivity index (χ4n) is 5.34. The van der Waals surface area contributed by atoms with Gasteiger partial charge >= 0.3 is 0 Å². The van der Waals surface area contributed by atoms with Crippen molar-refractivity contribution >= 4 is 27.7 Å². The van der Waals surface area contributed by atoms with Gasteiger partial charge in [0.15, 0.2) is 0 Å². The molecule has 1 saturated heterocycles. The van der Waals surface area contributed by atoms with Gasteiger partial charge in [-0.15, -0.1) is 0 Å². The summed E-state index contributed by atoms with van der Waals surface area (Å²) in [5.41, 5.74) is 3.24. The minimum atomic E-state index is -0.405. The molecule has 1 aliphatic heterocycles. The Balaban J connectivity index is 1.88. The fraction of sp³-hybridized carbons (Fsp3) is 0.172. The average molecular weight is 466 g/mol. The zero-order chi connectivity index (χ0) is 24.1. The number of benzene rings is 3. The van der Waals surface area contributed by atoms with E-state index in [2.05, 4.69) is 0 Å². The van der Waals surface area contributed by atoms with Gasteiger partial charge in [-0.25, -0.2) is 4.39 Å². The standard InChI is InChI=1S/C29H24FN3O2/c1-31-23-15-14-20(30)18-22(23)24-25(28(34)32-16-8-9-17-32)26(19-10-4-2-5-11-19)33(29(35)27(24)31)21-12-6-3-7-13-21/h2-7,10-15,18H,8-9,16-17H2,1H3. The lowest BCUT2D eigenvalue weighted by atomic mass is 9.98. The Kier molecular flexibility index (Phi) is 5.02. The molecule has 0 unspecified atom stereocenters. The van der Waals surface area contributed by atoms with Gasteiger partial charge in [0.25, 0.3) is 11.5 Å². The maximum atomic E-state index is 14.5. The molecule has 1 amide bonds. The van der Waals surface area contributed by atoms with Crippen LogP contribution in [0.3, 0.4) is 0 Å². The monoisotopic (exact) mass is 465 g/mol. The Labute approximate surface area is 201 Å². The largest absolute Gasteiger partial charge is 0.339 e. The van der Waals surface area contributed by atoms with Crippen LogP contribution in [0.4, 0.5) is 4.39 Å². The van der Waals surface area contributed by atoms with Crippen molar-refractivity contribution in [1.82, 2.24) is 14.0 Å². The van der Waals surface area contributed by atoms with Crippen LogP contribution < -0.4 is 5.56 Å². The van der Waals surface area contributed by atoms with Crippen LogP contribution >= 0.6 is 0 Å². The Morgan fingerprint density at radius 2 is 1.54 bits per heavy atom. The number of hydrogen-bond acceptors (Lipinski definition) is 2. The molecule has 5 nitrogen and oxygen atoms in total. The second kappa shape index (κ2) is 8.24. The highest BCUT2D eigenvalue weighted by Gasteiger charge is 2.31. The summed E-state index contributed by atoms with van der Waals surface area (Å²) in [7, 11) is 1.80. The van der Waals surface area contributed by atoms with Gasteiger partial charge in [0, 0.05) is 42.1 Å². The number of amides is 1. The van der Waals surface area contributed by atoms with Crippen molar-refractivity contribution < 1.29 is 9.18 Å². The quantitative estimate of drug-likeness (QED) is 0.352. The Morgan fingerprint density at radius 1 is 0.886 bits per heavy atom. The zero-order valence-electron chi connectivity index (χ0n) is 19.4. The number of fused-ring (bicyclic) bond motifs is 3. The number of carbonyl (C=O) groups is 1. The van der Waals surface area contributed by atoms with E-state index in [9.17, 15) is 14.0 Å². The van der Waals surface area contributed by atoms with E-state index in [0.29, 0.717) is 51.8 Å². The molecule has 0 N–H and O–H groups in total. The molecule has 1 aliphatic rings. The van der Waals surface area contributed by atoms with Crippen molar-refractivity contribution in [3.05, 3.63) is 101 Å². The van der Waals surface area contributed by atoms with E-state index < -0.39 is 5.82 Å². The highest BCUT2D eigenvalue weighted by molar-refractivity contribution is 6.20. The Bertz CT molecular complexity index is 1650. The molecular weight excluding hydrogens is 441 g/mol. The molecule has 0 aliphatic carbocycles. The molecule has 5 aromatic rings. The highest BCUT2D eigenvalue weighted by atomic mass is 19.1. The molecule has 1 fully saturated rings. The molecule has 0 radical (unpaired) electrons. The molecule has 0 saturated carbocycles. The van der Waals surface area contributed by atoms with E-state index >= 15 is 0 Å². The van der Waals surface area contributed by atoms with Crippen LogP contribution in [-0.4, -0.2) is 33.0 Å². The van der Waals surface area contributed by atoms with Gasteiger partial charge in [0.05, 0.1) is 11.3 Å². The van der Waals surface area contributed by atoms with Crippen molar-refractivity contribution in [2.45, 2.75) is 12.8 Å². The third kappa shape index (κ3) is 3.28. The van der Waals surface area contributed by atoms with E-state index in [-0.39, 0.29) is 11.5 Å². The lowest BCUT2D eigenvalue weighted by Crippen LogP contribution is -2.32. The predicted molar refractivity (Wildman–Crippen MR) is 137 cm³/mol. The molecule has 6 rings (SSSR count). The SMILES string of the molecule is Cn1c2ccc(F)cc2c2c(C(=O)N3CCCC3)c(-c3ccccc3)n(-c3ccccc3)c(=O)c21. The first-order valence-corrected chi connectivity index (χ1v) is 11.8. The number of likely N-dealkylation sites (tertiary alicyclic amines) is 1. The second-order valence-corrected chi connectivity index (χ2v) is 9.01. The number of pyridine rings is 1. The van der Waals surface area contributed by atoms with Crippen molar-refractivity contribution in [2.24, 2.45) is 7.05 Å². The molecule has 174 valence electrons. The molecule has 0 atom stereocenters. The van der Waals surface area contributed by atoms with Gasteiger partial charge in [-0.2, -0.15) is 0 Å². The number of aryl methyl sites for hydroxylation is 1. The topological polar surface area (TPSA) is 47.2 Å². The predicted octanol–water partition coefficient (Wildman–Crippen LogP) is 5.52. The maximum absolute atomic E-state index is 14.5. The number of halogens is 1. The van der Waals surface area contributed by atoms with Crippen molar-refractivity contribution in [3.8, 4) is 16.9 Å². The van der Waals surface area contributed by atoms with Crippen LogP contribution in [0.2, 0.25) is 0 Å².